The molecule has 0 aliphatic heterocycles. The quantitative estimate of drug-likeness (QED) is 0.0272. The molecule has 8 nitrogen and oxygen atoms in total. The number of carbonyl (C=O) groups excluding carboxylic acids is 1. The van der Waals surface area contributed by atoms with E-state index in [9.17, 15) is 19.4 Å². The lowest BCUT2D eigenvalue weighted by molar-refractivity contribution is -0.870. The fourth-order valence-electron chi connectivity index (χ4n) is 8.57. The molecule has 0 saturated heterocycles. The van der Waals surface area contributed by atoms with Gasteiger partial charge < -0.3 is 28.8 Å². The second-order valence-electron chi connectivity index (χ2n) is 21.3. The summed E-state index contributed by atoms with van der Waals surface area (Å²) in [5, 5.41) is 13.9. The summed E-state index contributed by atoms with van der Waals surface area (Å²) in [6, 6.07) is -0.799. The van der Waals surface area contributed by atoms with Gasteiger partial charge in [0.05, 0.1) is 39.9 Å². The number of amides is 1. The minimum Gasteiger partial charge on any atom is -0.756 e. The van der Waals surface area contributed by atoms with Crippen LogP contribution in [0.1, 0.15) is 264 Å². The normalized spacial score (nSPS) is 14.4. The zero-order valence-corrected chi connectivity index (χ0v) is 48.1. The van der Waals surface area contributed by atoms with Crippen molar-refractivity contribution in [2.45, 2.75) is 276 Å². The van der Waals surface area contributed by atoms with E-state index in [1.54, 1.807) is 0 Å². The fourth-order valence-corrected chi connectivity index (χ4v) is 9.30. The summed E-state index contributed by atoms with van der Waals surface area (Å²) >= 11 is 0. The number of unbranched alkanes of at least 4 members (excludes halogenated alkanes) is 29. The Morgan fingerprint density at radius 1 is 0.507 bits per heavy atom. The van der Waals surface area contributed by atoms with E-state index in [1.165, 1.54) is 161 Å². The Labute approximate surface area is 440 Å². The van der Waals surface area contributed by atoms with Gasteiger partial charge in [0.1, 0.15) is 13.2 Å². The Kier molecular flexibility index (Phi) is 51.3. The van der Waals surface area contributed by atoms with Gasteiger partial charge >= 0.3 is 0 Å². The molecule has 3 unspecified atom stereocenters. The lowest BCUT2D eigenvalue weighted by Gasteiger charge is -2.30. The standard InChI is InChI=1S/C62H115N2O6P/c1-6-8-10-12-14-16-18-19-20-21-22-23-24-25-26-27-28-29-30-31-32-33-34-35-36-37-38-39-40-41-42-43-44-45-46-48-50-52-54-56-62(66)63-60(59-70-71(67,68)69-58-57-64(3,4)5)61(65)55-53-51-49-47-17-15-13-11-9-7-2/h8,10,14,16,19-20,22-23,25-26,28-29,60-61,65H,6-7,9,11-13,15,17-18,21,24,27,30-59H2,1-5H3,(H-,63,66,67,68)/b10-8-,16-14-,20-19-,23-22-,26-25-,29-28-. The van der Waals surface area contributed by atoms with E-state index < -0.39 is 20.0 Å². The predicted octanol–water partition coefficient (Wildman–Crippen LogP) is 17.6. The van der Waals surface area contributed by atoms with Crippen LogP contribution in [0.5, 0.6) is 0 Å². The van der Waals surface area contributed by atoms with Gasteiger partial charge in [-0.2, -0.15) is 0 Å². The molecule has 0 aromatic carbocycles. The molecule has 0 aromatic heterocycles. The van der Waals surface area contributed by atoms with Gasteiger partial charge in [0.2, 0.25) is 5.91 Å². The monoisotopic (exact) mass is 1010 g/mol. The zero-order chi connectivity index (χ0) is 52.0. The number of rotatable bonds is 54. The zero-order valence-electron chi connectivity index (χ0n) is 47.2. The first-order chi connectivity index (χ1) is 34.5. The van der Waals surface area contributed by atoms with Crippen molar-refractivity contribution in [3.63, 3.8) is 0 Å². The molecule has 0 bridgehead atoms. The molecule has 1 amide bonds. The van der Waals surface area contributed by atoms with E-state index in [1.807, 2.05) is 21.1 Å². The van der Waals surface area contributed by atoms with Crippen LogP contribution in [0.2, 0.25) is 0 Å². The maximum Gasteiger partial charge on any atom is 0.268 e. The summed E-state index contributed by atoms with van der Waals surface area (Å²) in [7, 11) is 1.31. The first-order valence-electron chi connectivity index (χ1n) is 29.8. The van der Waals surface area contributed by atoms with Crippen LogP contribution in [0, 0.1) is 0 Å². The van der Waals surface area contributed by atoms with Crippen molar-refractivity contribution in [1.29, 1.82) is 0 Å². The molecule has 414 valence electrons. The Morgan fingerprint density at radius 3 is 1.25 bits per heavy atom. The smallest absolute Gasteiger partial charge is 0.268 e. The molecule has 2 N–H and O–H groups in total. The number of hydrogen-bond acceptors (Lipinski definition) is 6. The maximum absolute atomic E-state index is 12.9. The van der Waals surface area contributed by atoms with Crippen LogP contribution in [0.4, 0.5) is 0 Å². The molecule has 9 heteroatoms. The molecule has 0 saturated carbocycles. The fraction of sp³-hybridized carbons (Fsp3) is 0.790. The molecule has 3 atom stereocenters. The highest BCUT2D eigenvalue weighted by Crippen LogP contribution is 2.38. The third kappa shape index (κ3) is 55.5. The van der Waals surface area contributed by atoms with Crippen LogP contribution >= 0.6 is 7.82 Å². The highest BCUT2D eigenvalue weighted by molar-refractivity contribution is 7.45. The van der Waals surface area contributed by atoms with Crippen molar-refractivity contribution < 1.29 is 32.9 Å². The summed E-state index contributed by atoms with van der Waals surface area (Å²) < 4.78 is 23.3. The van der Waals surface area contributed by atoms with E-state index in [0.29, 0.717) is 23.9 Å². The van der Waals surface area contributed by atoms with E-state index in [2.05, 4.69) is 92.1 Å². The molecule has 0 spiro atoms. The van der Waals surface area contributed by atoms with Gasteiger partial charge in [-0.25, -0.2) is 0 Å². The maximum atomic E-state index is 12.9. The van der Waals surface area contributed by atoms with Gasteiger partial charge in [0.15, 0.2) is 0 Å². The molecule has 0 aromatic rings. The Balaban J connectivity index is 3.86. The van der Waals surface area contributed by atoms with Crippen LogP contribution in [-0.4, -0.2) is 68.5 Å². The third-order valence-corrected chi connectivity index (χ3v) is 14.2. The number of aliphatic hydroxyl groups is 1. The van der Waals surface area contributed by atoms with Gasteiger partial charge in [-0.05, 0) is 64.2 Å². The summed E-state index contributed by atoms with van der Waals surface area (Å²) in [6.45, 7) is 4.60. The number of likely N-dealkylation sites (N-methyl/N-ethyl adjacent to an activating group) is 1. The predicted molar refractivity (Wildman–Crippen MR) is 307 cm³/mol. The van der Waals surface area contributed by atoms with Crippen molar-refractivity contribution in [2.24, 2.45) is 0 Å². The molecule has 71 heavy (non-hydrogen) atoms. The van der Waals surface area contributed by atoms with Crippen molar-refractivity contribution in [1.82, 2.24) is 5.32 Å². The highest BCUT2D eigenvalue weighted by Gasteiger charge is 2.24. The summed E-state index contributed by atoms with van der Waals surface area (Å²) in [5.74, 6) is -0.165. The second-order valence-corrected chi connectivity index (χ2v) is 22.7. The Morgan fingerprint density at radius 2 is 0.859 bits per heavy atom. The number of nitrogens with one attached hydrogen (secondary N) is 1. The van der Waals surface area contributed by atoms with Gasteiger partial charge in [0, 0.05) is 6.42 Å². The minimum absolute atomic E-state index is 0.0120. The number of carbonyl (C=O) groups is 1. The number of nitrogens with zero attached hydrogens (tertiary/aromatic N) is 1. The molecular weight excluding hydrogens is 900 g/mol. The van der Waals surface area contributed by atoms with Crippen LogP contribution in [0.25, 0.3) is 0 Å². The highest BCUT2D eigenvalue weighted by atomic mass is 31.2. The van der Waals surface area contributed by atoms with E-state index in [-0.39, 0.29) is 19.1 Å². The number of phosphoric acid groups is 1. The number of allylic oxidation sites excluding steroid dienone is 12. The topological polar surface area (TPSA) is 108 Å². The van der Waals surface area contributed by atoms with Gasteiger partial charge in [-0.3, -0.25) is 9.36 Å². The van der Waals surface area contributed by atoms with Crippen molar-refractivity contribution in [3.8, 4) is 0 Å². The number of quaternary nitrogens is 1. The van der Waals surface area contributed by atoms with Crippen LogP contribution < -0.4 is 10.2 Å². The first kappa shape index (κ1) is 68.9. The number of aliphatic hydroxyl groups excluding tert-OH is 1. The van der Waals surface area contributed by atoms with Crippen LogP contribution in [-0.2, 0) is 18.4 Å². The Hall–Kier alpha value is -2.06. The number of hydrogen-bond donors (Lipinski definition) is 2. The third-order valence-electron chi connectivity index (χ3n) is 13.2. The summed E-state index contributed by atoms with van der Waals surface area (Å²) in [4.78, 5) is 25.4. The molecule has 0 aliphatic carbocycles. The summed E-state index contributed by atoms with van der Waals surface area (Å²) in [6.07, 6.45) is 72.5. The number of phosphoric ester groups is 1. The largest absolute Gasteiger partial charge is 0.756 e. The average Bonchev–Trinajstić information content (AvgIpc) is 3.33. The van der Waals surface area contributed by atoms with Crippen molar-refractivity contribution in [3.05, 3.63) is 72.9 Å². The van der Waals surface area contributed by atoms with Gasteiger partial charge in [-0.15, -0.1) is 0 Å². The molecule has 0 rings (SSSR count). The molecule has 0 fully saturated rings. The second kappa shape index (κ2) is 52.8. The summed E-state index contributed by atoms with van der Waals surface area (Å²) in [5.41, 5.74) is 0. The molecular formula is C62H115N2O6P. The van der Waals surface area contributed by atoms with E-state index in [0.717, 1.165) is 77.0 Å². The average molecular weight is 1020 g/mol. The van der Waals surface area contributed by atoms with Crippen LogP contribution in [0.3, 0.4) is 0 Å². The Bertz CT molecular complexity index is 1380. The molecule has 0 aliphatic rings. The lowest BCUT2D eigenvalue weighted by atomic mass is 10.0. The van der Waals surface area contributed by atoms with Gasteiger partial charge in [0.25, 0.3) is 7.82 Å². The lowest BCUT2D eigenvalue weighted by Crippen LogP contribution is -2.46. The van der Waals surface area contributed by atoms with E-state index in [4.69, 9.17) is 9.05 Å². The van der Waals surface area contributed by atoms with E-state index >= 15 is 0 Å². The molecule has 0 heterocycles. The minimum atomic E-state index is -4.57. The van der Waals surface area contributed by atoms with Crippen molar-refractivity contribution in [2.75, 3.05) is 40.9 Å². The van der Waals surface area contributed by atoms with Crippen molar-refractivity contribution >= 4 is 13.7 Å². The molecule has 0 radical (unpaired) electrons. The van der Waals surface area contributed by atoms with Gasteiger partial charge in [-0.1, -0.05) is 267 Å². The van der Waals surface area contributed by atoms with Crippen LogP contribution in [0.15, 0.2) is 72.9 Å². The first-order valence-corrected chi connectivity index (χ1v) is 31.2. The SMILES string of the molecule is CC/C=C\C/C=C\C/C=C\C/C=C\C/C=C\C/C=C\CCCCCCCCCCCCCCCCCCCCCCC(=O)NC(COP(=O)([O-])OCC[N+](C)(C)C)C(O)CCCCCCCCCCCC.